The summed E-state index contributed by atoms with van der Waals surface area (Å²) < 4.78 is 29.1. The van der Waals surface area contributed by atoms with E-state index < -0.39 is 10.2 Å². The summed E-state index contributed by atoms with van der Waals surface area (Å²) in [6.45, 7) is 7.74. The molecule has 1 saturated carbocycles. The summed E-state index contributed by atoms with van der Waals surface area (Å²) in [7, 11) is -1.69. The molecule has 0 aromatic rings. The Labute approximate surface area is 131 Å². The van der Waals surface area contributed by atoms with E-state index in [2.05, 4.69) is 30.8 Å². The topological polar surface area (TPSA) is 61.4 Å². The van der Waals surface area contributed by atoms with Gasteiger partial charge in [0.25, 0.3) is 10.2 Å². The van der Waals surface area contributed by atoms with Gasteiger partial charge >= 0.3 is 0 Å². The number of hydrogen-bond donors (Lipinski definition) is 2. The van der Waals surface area contributed by atoms with Crippen LogP contribution in [0.5, 0.6) is 0 Å². The van der Waals surface area contributed by atoms with Gasteiger partial charge in [0.05, 0.1) is 0 Å². The van der Waals surface area contributed by atoms with Crippen molar-refractivity contribution < 1.29 is 8.42 Å². The molecule has 0 spiro atoms. The van der Waals surface area contributed by atoms with Crippen LogP contribution in [-0.2, 0) is 10.2 Å². The fourth-order valence-corrected chi connectivity index (χ4v) is 4.04. The third-order valence-corrected chi connectivity index (χ3v) is 5.88. The van der Waals surface area contributed by atoms with Gasteiger partial charge in [-0.05, 0) is 31.7 Å². The zero-order chi connectivity index (χ0) is 15.9. The smallest absolute Gasteiger partial charge is 0.279 e. The Kier molecular flexibility index (Phi) is 8.16. The molecule has 0 aromatic heterocycles. The van der Waals surface area contributed by atoms with Gasteiger partial charge in [0.2, 0.25) is 0 Å². The predicted octanol–water partition coefficient (Wildman–Crippen LogP) is 2.11. The first-order valence-corrected chi connectivity index (χ1v) is 9.74. The van der Waals surface area contributed by atoms with Crippen LogP contribution in [0.2, 0.25) is 0 Å². The molecule has 0 aliphatic heterocycles. The van der Waals surface area contributed by atoms with E-state index in [1.165, 1.54) is 17.1 Å². The summed E-state index contributed by atoms with van der Waals surface area (Å²) in [5.74, 6) is 0.429. The second kappa shape index (κ2) is 9.08. The molecule has 1 aliphatic rings. The van der Waals surface area contributed by atoms with Crippen LogP contribution in [0.1, 0.15) is 59.3 Å². The van der Waals surface area contributed by atoms with Crippen molar-refractivity contribution in [3.63, 3.8) is 0 Å². The Morgan fingerprint density at radius 3 is 2.52 bits per heavy atom. The summed E-state index contributed by atoms with van der Waals surface area (Å²) in [6, 6.07) is 0.533. The SMILES string of the molecule is CC(C)NCCCN(C)S(=O)(=O)NC1CCCCCC1C. The molecule has 6 heteroatoms. The van der Waals surface area contributed by atoms with Crippen LogP contribution in [-0.4, -0.2) is 44.9 Å². The molecule has 0 bridgehead atoms. The van der Waals surface area contributed by atoms with Crippen LogP contribution in [0.4, 0.5) is 0 Å². The molecule has 2 N–H and O–H groups in total. The molecule has 2 unspecified atom stereocenters. The zero-order valence-corrected chi connectivity index (χ0v) is 14.9. The second-order valence-electron chi connectivity index (χ2n) is 6.63. The summed E-state index contributed by atoms with van der Waals surface area (Å²) in [5.41, 5.74) is 0. The quantitative estimate of drug-likeness (QED) is 0.532. The van der Waals surface area contributed by atoms with Crippen LogP contribution < -0.4 is 10.0 Å². The van der Waals surface area contributed by atoms with E-state index in [4.69, 9.17) is 0 Å². The lowest BCUT2D eigenvalue weighted by Crippen LogP contribution is -2.46. The first-order valence-electron chi connectivity index (χ1n) is 8.30. The standard InChI is InChI=1S/C15H33N3O2S/c1-13(2)16-11-8-12-18(4)21(19,20)17-15-10-7-5-6-9-14(15)3/h13-17H,5-12H2,1-4H3. The molecule has 21 heavy (non-hydrogen) atoms. The summed E-state index contributed by atoms with van der Waals surface area (Å²) in [5, 5.41) is 3.31. The molecular formula is C15H33N3O2S. The average Bonchev–Trinajstić information content (AvgIpc) is 2.59. The Hall–Kier alpha value is -0.170. The molecule has 0 radical (unpaired) electrons. The zero-order valence-electron chi connectivity index (χ0n) is 14.1. The van der Waals surface area contributed by atoms with Crippen molar-refractivity contribution in [1.29, 1.82) is 0 Å². The summed E-state index contributed by atoms with van der Waals surface area (Å²) >= 11 is 0. The average molecular weight is 320 g/mol. The Morgan fingerprint density at radius 1 is 1.19 bits per heavy atom. The molecule has 1 fully saturated rings. The van der Waals surface area contributed by atoms with Crippen LogP contribution in [0.15, 0.2) is 0 Å². The van der Waals surface area contributed by atoms with Crippen molar-refractivity contribution in [2.24, 2.45) is 5.92 Å². The fraction of sp³-hybridized carbons (Fsp3) is 1.00. The number of hydrogen-bond acceptors (Lipinski definition) is 3. The van der Waals surface area contributed by atoms with Gasteiger partial charge in [0, 0.05) is 25.7 Å². The lowest BCUT2D eigenvalue weighted by Gasteiger charge is -2.26. The molecule has 1 rings (SSSR count). The third-order valence-electron chi connectivity index (χ3n) is 4.27. The highest BCUT2D eigenvalue weighted by atomic mass is 32.2. The maximum Gasteiger partial charge on any atom is 0.279 e. The van der Waals surface area contributed by atoms with Gasteiger partial charge in [0.1, 0.15) is 0 Å². The summed E-state index contributed by atoms with van der Waals surface area (Å²) in [4.78, 5) is 0. The highest BCUT2D eigenvalue weighted by molar-refractivity contribution is 7.87. The minimum Gasteiger partial charge on any atom is -0.314 e. The molecule has 5 nitrogen and oxygen atoms in total. The number of rotatable bonds is 8. The minimum absolute atomic E-state index is 0.0914. The first-order chi connectivity index (χ1) is 9.83. The Balaban J connectivity index is 2.43. The lowest BCUT2D eigenvalue weighted by molar-refractivity contribution is 0.377. The molecule has 0 heterocycles. The first kappa shape index (κ1) is 18.9. The van der Waals surface area contributed by atoms with Gasteiger partial charge in [-0.15, -0.1) is 0 Å². The van der Waals surface area contributed by atoms with Crippen molar-refractivity contribution >= 4 is 10.2 Å². The van der Waals surface area contributed by atoms with Crippen LogP contribution in [0.25, 0.3) is 0 Å². The molecule has 0 amide bonds. The van der Waals surface area contributed by atoms with Gasteiger partial charge in [0.15, 0.2) is 0 Å². The maximum absolute atomic E-state index is 12.4. The van der Waals surface area contributed by atoms with Crippen LogP contribution >= 0.6 is 0 Å². The third kappa shape index (κ3) is 7.08. The van der Waals surface area contributed by atoms with E-state index in [9.17, 15) is 8.42 Å². The maximum atomic E-state index is 12.4. The fourth-order valence-electron chi connectivity index (χ4n) is 2.76. The molecule has 0 saturated heterocycles. The van der Waals surface area contributed by atoms with Crippen molar-refractivity contribution in [2.45, 2.75) is 71.4 Å². The van der Waals surface area contributed by atoms with E-state index in [0.29, 0.717) is 18.5 Å². The van der Waals surface area contributed by atoms with E-state index in [0.717, 1.165) is 32.2 Å². The second-order valence-corrected chi connectivity index (χ2v) is 8.44. The molecule has 2 atom stereocenters. The van der Waals surface area contributed by atoms with E-state index >= 15 is 0 Å². The normalized spacial score (nSPS) is 24.5. The van der Waals surface area contributed by atoms with Crippen LogP contribution in [0, 0.1) is 5.92 Å². The van der Waals surface area contributed by atoms with E-state index in [1.807, 2.05) is 0 Å². The predicted molar refractivity (Wildman–Crippen MR) is 88.5 cm³/mol. The molecule has 126 valence electrons. The minimum atomic E-state index is -3.35. The Bertz CT molecular complexity index is 384. The summed E-state index contributed by atoms with van der Waals surface area (Å²) in [6.07, 6.45) is 6.48. The Morgan fingerprint density at radius 2 is 1.86 bits per heavy atom. The number of nitrogens with zero attached hydrogens (tertiary/aromatic N) is 1. The van der Waals surface area contributed by atoms with Crippen molar-refractivity contribution in [1.82, 2.24) is 14.3 Å². The monoisotopic (exact) mass is 319 g/mol. The van der Waals surface area contributed by atoms with Crippen molar-refractivity contribution in [3.8, 4) is 0 Å². The molecular weight excluding hydrogens is 286 g/mol. The highest BCUT2D eigenvalue weighted by Gasteiger charge is 2.26. The van der Waals surface area contributed by atoms with Crippen molar-refractivity contribution in [2.75, 3.05) is 20.1 Å². The molecule has 1 aliphatic carbocycles. The molecule has 0 aromatic carbocycles. The largest absolute Gasteiger partial charge is 0.314 e. The lowest BCUT2D eigenvalue weighted by atomic mass is 9.98. The van der Waals surface area contributed by atoms with E-state index in [1.54, 1.807) is 7.05 Å². The van der Waals surface area contributed by atoms with Gasteiger partial charge in [-0.1, -0.05) is 40.0 Å². The van der Waals surface area contributed by atoms with Crippen molar-refractivity contribution in [3.05, 3.63) is 0 Å². The van der Waals surface area contributed by atoms with Gasteiger partial charge < -0.3 is 5.32 Å². The van der Waals surface area contributed by atoms with Crippen LogP contribution in [0.3, 0.4) is 0 Å². The van der Waals surface area contributed by atoms with E-state index in [-0.39, 0.29) is 6.04 Å². The van der Waals surface area contributed by atoms with Gasteiger partial charge in [-0.25, -0.2) is 0 Å². The number of nitrogens with one attached hydrogen (secondary N) is 2. The van der Waals surface area contributed by atoms with Gasteiger partial charge in [-0.3, -0.25) is 0 Å². The highest BCUT2D eigenvalue weighted by Crippen LogP contribution is 2.23. The van der Waals surface area contributed by atoms with Gasteiger partial charge in [-0.2, -0.15) is 17.4 Å².